The van der Waals surface area contributed by atoms with Crippen molar-refractivity contribution in [1.82, 2.24) is 10.7 Å². The molecule has 0 radical (unpaired) electrons. The van der Waals surface area contributed by atoms with E-state index in [0.717, 1.165) is 10.8 Å². The minimum absolute atomic E-state index is 0.0516. The molecule has 0 fully saturated rings. The SMILES string of the molecule is O=C(CNC(=O)Nc1cccc(Cl)c1)N/N=C\c1c(O)ccc2ccccc12. The Hall–Kier alpha value is -3.58. The monoisotopic (exact) mass is 396 g/mol. The average Bonchev–Trinajstić information content (AvgIpc) is 2.68. The first-order valence-electron chi connectivity index (χ1n) is 8.36. The van der Waals surface area contributed by atoms with Gasteiger partial charge in [-0.3, -0.25) is 4.79 Å². The van der Waals surface area contributed by atoms with Crippen LogP contribution in [0.1, 0.15) is 5.56 Å². The fraction of sp³-hybridized carbons (Fsp3) is 0.0500. The van der Waals surface area contributed by atoms with Crippen LogP contribution in [0.5, 0.6) is 5.75 Å². The number of nitrogens with one attached hydrogen (secondary N) is 3. The van der Waals surface area contributed by atoms with Gasteiger partial charge < -0.3 is 15.7 Å². The molecule has 3 aromatic carbocycles. The van der Waals surface area contributed by atoms with E-state index in [0.29, 0.717) is 16.3 Å². The number of fused-ring (bicyclic) bond motifs is 1. The molecule has 0 bridgehead atoms. The van der Waals surface area contributed by atoms with Crippen molar-refractivity contribution < 1.29 is 14.7 Å². The minimum Gasteiger partial charge on any atom is -0.507 e. The van der Waals surface area contributed by atoms with Gasteiger partial charge in [0.25, 0.3) is 5.91 Å². The predicted molar refractivity (Wildman–Crippen MR) is 110 cm³/mol. The van der Waals surface area contributed by atoms with Gasteiger partial charge in [-0.2, -0.15) is 5.10 Å². The molecule has 7 nitrogen and oxygen atoms in total. The van der Waals surface area contributed by atoms with E-state index in [-0.39, 0.29) is 12.3 Å². The standard InChI is InChI=1S/C20H17ClN4O3/c21-14-5-3-6-15(10-14)24-20(28)22-12-19(27)25-23-11-17-16-7-2-1-4-13(16)8-9-18(17)26/h1-11,26H,12H2,(H,25,27)(H2,22,24,28)/b23-11-. The van der Waals surface area contributed by atoms with Gasteiger partial charge in [-0.25, -0.2) is 10.2 Å². The first-order valence-corrected chi connectivity index (χ1v) is 8.74. The van der Waals surface area contributed by atoms with Crippen molar-refractivity contribution in [3.63, 3.8) is 0 Å². The molecule has 0 unspecified atom stereocenters. The molecule has 3 aromatic rings. The fourth-order valence-electron chi connectivity index (χ4n) is 2.53. The molecule has 3 rings (SSSR count). The van der Waals surface area contributed by atoms with E-state index in [1.807, 2.05) is 24.3 Å². The van der Waals surface area contributed by atoms with Crippen molar-refractivity contribution in [2.75, 3.05) is 11.9 Å². The normalized spacial score (nSPS) is 10.8. The van der Waals surface area contributed by atoms with Crippen molar-refractivity contribution in [2.45, 2.75) is 0 Å². The van der Waals surface area contributed by atoms with Crippen molar-refractivity contribution in [1.29, 1.82) is 0 Å². The summed E-state index contributed by atoms with van der Waals surface area (Å²) in [5, 5.41) is 21.1. The summed E-state index contributed by atoms with van der Waals surface area (Å²) < 4.78 is 0. The summed E-state index contributed by atoms with van der Waals surface area (Å²) >= 11 is 5.84. The molecule has 0 saturated heterocycles. The lowest BCUT2D eigenvalue weighted by atomic mass is 10.0. The molecule has 0 spiro atoms. The fourth-order valence-corrected chi connectivity index (χ4v) is 2.72. The van der Waals surface area contributed by atoms with Gasteiger partial charge in [-0.1, -0.05) is 48.0 Å². The molecule has 0 saturated carbocycles. The first-order chi connectivity index (χ1) is 13.5. The van der Waals surface area contributed by atoms with Crippen LogP contribution in [-0.2, 0) is 4.79 Å². The molecule has 8 heteroatoms. The zero-order chi connectivity index (χ0) is 19.9. The van der Waals surface area contributed by atoms with Crippen molar-refractivity contribution in [2.24, 2.45) is 5.10 Å². The van der Waals surface area contributed by atoms with Crippen LogP contribution in [0.15, 0.2) is 65.8 Å². The number of rotatable bonds is 5. The Morgan fingerprint density at radius 3 is 2.71 bits per heavy atom. The molecular weight excluding hydrogens is 380 g/mol. The zero-order valence-corrected chi connectivity index (χ0v) is 15.4. The summed E-state index contributed by atoms with van der Waals surface area (Å²) in [5.74, 6) is -0.465. The van der Waals surface area contributed by atoms with Gasteiger partial charge in [0.15, 0.2) is 0 Å². The number of phenolic OH excluding ortho intramolecular Hbond substituents is 1. The summed E-state index contributed by atoms with van der Waals surface area (Å²) in [4.78, 5) is 23.6. The first kappa shape index (κ1) is 19.2. The Morgan fingerprint density at radius 1 is 1.07 bits per heavy atom. The maximum atomic E-state index is 11.8. The molecule has 0 aliphatic carbocycles. The number of benzene rings is 3. The highest BCUT2D eigenvalue weighted by Crippen LogP contribution is 2.25. The van der Waals surface area contributed by atoms with E-state index in [1.165, 1.54) is 6.21 Å². The van der Waals surface area contributed by atoms with Crippen molar-refractivity contribution in [3.05, 3.63) is 71.2 Å². The van der Waals surface area contributed by atoms with Gasteiger partial charge >= 0.3 is 6.03 Å². The Bertz CT molecular complexity index is 1050. The van der Waals surface area contributed by atoms with E-state index in [2.05, 4.69) is 21.2 Å². The minimum atomic E-state index is -0.548. The Kier molecular flexibility index (Phi) is 6.08. The lowest BCUT2D eigenvalue weighted by Gasteiger charge is -2.07. The van der Waals surface area contributed by atoms with Gasteiger partial charge in [-0.15, -0.1) is 0 Å². The van der Waals surface area contributed by atoms with E-state index in [1.54, 1.807) is 36.4 Å². The van der Waals surface area contributed by atoms with Crippen molar-refractivity contribution in [3.8, 4) is 5.75 Å². The lowest BCUT2D eigenvalue weighted by molar-refractivity contribution is -0.120. The molecule has 3 amide bonds. The molecule has 4 N–H and O–H groups in total. The number of carbonyl (C=O) groups is 2. The summed E-state index contributed by atoms with van der Waals surface area (Å²) in [6.07, 6.45) is 1.36. The zero-order valence-electron chi connectivity index (χ0n) is 14.6. The van der Waals surface area contributed by atoms with Gasteiger partial charge in [-0.05, 0) is 35.0 Å². The smallest absolute Gasteiger partial charge is 0.319 e. The maximum absolute atomic E-state index is 11.8. The number of hydrazone groups is 1. The van der Waals surface area contributed by atoms with Gasteiger partial charge in [0, 0.05) is 16.3 Å². The third kappa shape index (κ3) is 4.99. The van der Waals surface area contributed by atoms with Crippen LogP contribution in [0, 0.1) is 0 Å². The molecule has 142 valence electrons. The number of halogens is 1. The van der Waals surface area contributed by atoms with E-state index in [9.17, 15) is 14.7 Å². The number of phenols is 1. The van der Waals surface area contributed by atoms with Crippen LogP contribution in [0.2, 0.25) is 5.02 Å². The number of urea groups is 1. The highest BCUT2D eigenvalue weighted by atomic mass is 35.5. The van der Waals surface area contributed by atoms with Crippen LogP contribution in [0.4, 0.5) is 10.5 Å². The van der Waals surface area contributed by atoms with E-state index in [4.69, 9.17) is 11.6 Å². The second-order valence-corrected chi connectivity index (χ2v) is 6.27. The number of hydrogen-bond acceptors (Lipinski definition) is 4. The number of aromatic hydroxyl groups is 1. The number of carbonyl (C=O) groups excluding carboxylic acids is 2. The molecule has 0 aromatic heterocycles. The van der Waals surface area contributed by atoms with Gasteiger partial charge in [0.2, 0.25) is 0 Å². The molecule has 28 heavy (non-hydrogen) atoms. The summed E-state index contributed by atoms with van der Waals surface area (Å²) in [6.45, 7) is -0.273. The van der Waals surface area contributed by atoms with Gasteiger partial charge in [0.1, 0.15) is 12.3 Å². The van der Waals surface area contributed by atoms with E-state index >= 15 is 0 Å². The van der Waals surface area contributed by atoms with Crippen LogP contribution >= 0.6 is 11.6 Å². The quantitative estimate of drug-likeness (QED) is 0.392. The van der Waals surface area contributed by atoms with E-state index < -0.39 is 11.9 Å². The van der Waals surface area contributed by atoms with Crippen LogP contribution < -0.4 is 16.1 Å². The number of anilines is 1. The number of amides is 3. The average molecular weight is 397 g/mol. The summed E-state index contributed by atoms with van der Waals surface area (Å²) in [5.41, 5.74) is 3.31. The predicted octanol–water partition coefficient (Wildman–Crippen LogP) is 3.47. The molecule has 0 aliphatic rings. The largest absolute Gasteiger partial charge is 0.507 e. The molecule has 0 aliphatic heterocycles. The van der Waals surface area contributed by atoms with Crippen molar-refractivity contribution >= 4 is 46.2 Å². The second kappa shape index (κ2) is 8.88. The second-order valence-electron chi connectivity index (χ2n) is 5.83. The Labute approximate surface area is 166 Å². The third-order valence-electron chi connectivity index (χ3n) is 3.82. The number of hydrogen-bond donors (Lipinski definition) is 4. The maximum Gasteiger partial charge on any atom is 0.319 e. The highest BCUT2D eigenvalue weighted by molar-refractivity contribution is 6.30. The molecule has 0 atom stereocenters. The summed E-state index contributed by atoms with van der Waals surface area (Å²) in [7, 11) is 0. The Balaban J connectivity index is 1.53. The molecule has 0 heterocycles. The van der Waals surface area contributed by atoms with Crippen LogP contribution in [0.3, 0.4) is 0 Å². The van der Waals surface area contributed by atoms with Crippen LogP contribution in [-0.4, -0.2) is 29.8 Å². The Morgan fingerprint density at radius 2 is 1.89 bits per heavy atom. The summed E-state index contributed by atoms with van der Waals surface area (Å²) in [6, 6.07) is 16.9. The molecular formula is C20H17ClN4O3. The topological polar surface area (TPSA) is 103 Å². The van der Waals surface area contributed by atoms with Crippen LogP contribution in [0.25, 0.3) is 10.8 Å². The lowest BCUT2D eigenvalue weighted by Crippen LogP contribution is -2.37. The van der Waals surface area contributed by atoms with Gasteiger partial charge in [0.05, 0.1) is 6.21 Å². The third-order valence-corrected chi connectivity index (χ3v) is 4.06. The highest BCUT2D eigenvalue weighted by Gasteiger charge is 2.07. The number of nitrogens with zero attached hydrogens (tertiary/aromatic N) is 1.